The first kappa shape index (κ1) is 24.7. The molecule has 0 bridgehead atoms. The fourth-order valence-electron chi connectivity index (χ4n) is 4.23. The fourth-order valence-corrected chi connectivity index (χ4v) is 4.90. The number of nitrogens with zero attached hydrogens (tertiary/aromatic N) is 2. The van der Waals surface area contributed by atoms with Crippen molar-refractivity contribution in [2.24, 2.45) is 0 Å². The predicted molar refractivity (Wildman–Crippen MR) is 123 cm³/mol. The summed E-state index contributed by atoms with van der Waals surface area (Å²) in [6.07, 6.45) is 2.23. The van der Waals surface area contributed by atoms with E-state index in [9.17, 15) is 30.9 Å². The zero-order chi connectivity index (χ0) is 25.3. The molecule has 2 aromatic carbocycles. The van der Waals surface area contributed by atoms with Crippen LogP contribution in [0.15, 0.2) is 53.7 Å². The SMILES string of the molecule is Cc1c(S(=O)(=O)O)ncc(C(=O)N2CCC(c3ccc(F)cc3)CC2)c1Nc1cc(F)ccc1F. The van der Waals surface area contributed by atoms with Crippen LogP contribution in [0, 0.1) is 24.4 Å². The number of nitrogens with one attached hydrogen (secondary N) is 1. The zero-order valence-electron chi connectivity index (χ0n) is 18.6. The number of hydrogen-bond donors (Lipinski definition) is 2. The predicted octanol–water partition coefficient (Wildman–Crippen LogP) is 4.82. The third-order valence-electron chi connectivity index (χ3n) is 6.06. The number of likely N-dealkylation sites (tertiary alicyclic amines) is 1. The molecule has 0 saturated carbocycles. The second kappa shape index (κ2) is 9.67. The van der Waals surface area contributed by atoms with Crippen LogP contribution in [0.1, 0.15) is 40.2 Å². The lowest BCUT2D eigenvalue weighted by Gasteiger charge is -2.33. The van der Waals surface area contributed by atoms with E-state index in [0.717, 1.165) is 30.0 Å². The van der Waals surface area contributed by atoms with Crippen LogP contribution in [-0.2, 0) is 10.1 Å². The summed E-state index contributed by atoms with van der Waals surface area (Å²) >= 11 is 0. The molecule has 1 fully saturated rings. The third kappa shape index (κ3) is 5.30. The molecule has 4 rings (SSSR count). The van der Waals surface area contributed by atoms with Gasteiger partial charge in [-0.25, -0.2) is 18.2 Å². The van der Waals surface area contributed by atoms with Gasteiger partial charge in [0.1, 0.15) is 17.5 Å². The summed E-state index contributed by atoms with van der Waals surface area (Å²) in [5.74, 6) is -2.24. The molecule has 0 atom stereocenters. The van der Waals surface area contributed by atoms with Gasteiger partial charge in [-0.1, -0.05) is 12.1 Å². The Morgan fingerprint density at radius 2 is 1.69 bits per heavy atom. The molecular weight excluding hydrogens is 483 g/mol. The minimum absolute atomic E-state index is 0.0567. The van der Waals surface area contributed by atoms with Crippen LogP contribution in [0.25, 0.3) is 0 Å². The molecule has 0 radical (unpaired) electrons. The highest BCUT2D eigenvalue weighted by Gasteiger charge is 2.29. The molecule has 1 saturated heterocycles. The van der Waals surface area contributed by atoms with E-state index in [2.05, 4.69) is 10.3 Å². The van der Waals surface area contributed by atoms with E-state index in [0.29, 0.717) is 25.9 Å². The molecule has 0 unspecified atom stereocenters. The van der Waals surface area contributed by atoms with E-state index in [1.165, 1.54) is 19.1 Å². The Morgan fingerprint density at radius 1 is 1.06 bits per heavy atom. The van der Waals surface area contributed by atoms with Crippen molar-refractivity contribution in [1.29, 1.82) is 0 Å². The molecule has 35 heavy (non-hydrogen) atoms. The Morgan fingerprint density at radius 3 is 2.31 bits per heavy atom. The van der Waals surface area contributed by atoms with Crippen molar-refractivity contribution in [3.05, 3.63) is 82.8 Å². The number of carbonyl (C=O) groups excluding carboxylic acids is 1. The highest BCUT2D eigenvalue weighted by Crippen LogP contribution is 2.33. The summed E-state index contributed by atoms with van der Waals surface area (Å²) in [7, 11) is -4.75. The average Bonchev–Trinajstić information content (AvgIpc) is 2.82. The van der Waals surface area contributed by atoms with E-state index in [1.54, 1.807) is 17.0 Å². The van der Waals surface area contributed by atoms with Gasteiger partial charge in [-0.05, 0) is 55.5 Å². The van der Waals surface area contributed by atoms with Gasteiger partial charge in [0.25, 0.3) is 5.91 Å². The summed E-state index contributed by atoms with van der Waals surface area (Å²) in [4.78, 5) is 18.7. The zero-order valence-corrected chi connectivity index (χ0v) is 19.4. The van der Waals surface area contributed by atoms with Crippen LogP contribution in [0.4, 0.5) is 24.5 Å². The lowest BCUT2D eigenvalue weighted by molar-refractivity contribution is 0.0713. The van der Waals surface area contributed by atoms with E-state index in [1.807, 2.05) is 0 Å². The smallest absolute Gasteiger partial charge is 0.312 e. The monoisotopic (exact) mass is 505 g/mol. The van der Waals surface area contributed by atoms with Gasteiger partial charge in [-0.2, -0.15) is 8.42 Å². The maximum Gasteiger partial charge on any atom is 0.312 e. The molecule has 1 aromatic heterocycles. The van der Waals surface area contributed by atoms with Crippen molar-refractivity contribution in [1.82, 2.24) is 9.88 Å². The third-order valence-corrected chi connectivity index (χ3v) is 6.96. The van der Waals surface area contributed by atoms with Crippen molar-refractivity contribution in [3.63, 3.8) is 0 Å². The topological polar surface area (TPSA) is 99.6 Å². The summed E-state index contributed by atoms with van der Waals surface area (Å²) in [6.45, 7) is 2.04. The molecule has 0 aliphatic carbocycles. The van der Waals surface area contributed by atoms with Crippen LogP contribution in [0.3, 0.4) is 0 Å². The number of amides is 1. The van der Waals surface area contributed by atoms with Crippen molar-refractivity contribution in [2.75, 3.05) is 18.4 Å². The molecule has 1 aliphatic rings. The number of anilines is 2. The Balaban J connectivity index is 1.64. The number of carbonyl (C=O) groups is 1. The van der Waals surface area contributed by atoms with Gasteiger partial charge in [-0.15, -0.1) is 0 Å². The fraction of sp³-hybridized carbons (Fsp3) is 0.250. The lowest BCUT2D eigenvalue weighted by Crippen LogP contribution is -2.38. The quantitative estimate of drug-likeness (QED) is 0.483. The van der Waals surface area contributed by atoms with Gasteiger partial charge in [0.15, 0.2) is 5.03 Å². The van der Waals surface area contributed by atoms with Gasteiger partial charge in [0.2, 0.25) is 0 Å². The normalized spacial score (nSPS) is 14.7. The number of pyridine rings is 1. The summed E-state index contributed by atoms with van der Waals surface area (Å²) in [5, 5.41) is 1.90. The second-order valence-corrected chi connectivity index (χ2v) is 9.66. The van der Waals surface area contributed by atoms with Crippen LogP contribution in [-0.4, -0.2) is 41.9 Å². The van der Waals surface area contributed by atoms with Gasteiger partial charge in [0, 0.05) is 30.9 Å². The van der Waals surface area contributed by atoms with Crippen molar-refractivity contribution < 1.29 is 30.9 Å². The van der Waals surface area contributed by atoms with Gasteiger partial charge in [0.05, 0.1) is 16.9 Å². The van der Waals surface area contributed by atoms with E-state index < -0.39 is 32.7 Å². The van der Waals surface area contributed by atoms with Crippen LogP contribution >= 0.6 is 0 Å². The van der Waals surface area contributed by atoms with E-state index in [-0.39, 0.29) is 34.2 Å². The van der Waals surface area contributed by atoms with Gasteiger partial charge in [-0.3, -0.25) is 9.35 Å². The molecule has 1 aliphatic heterocycles. The summed E-state index contributed by atoms with van der Waals surface area (Å²) in [6, 6.07) is 8.89. The summed E-state index contributed by atoms with van der Waals surface area (Å²) in [5.41, 5.74) is 0.367. The molecule has 3 aromatic rings. The number of hydrogen-bond acceptors (Lipinski definition) is 5. The Kier molecular flexibility index (Phi) is 6.82. The lowest BCUT2D eigenvalue weighted by atomic mass is 9.89. The van der Waals surface area contributed by atoms with Crippen LogP contribution in [0.5, 0.6) is 0 Å². The molecule has 184 valence electrons. The molecule has 1 amide bonds. The number of aromatic nitrogens is 1. The first-order valence-corrected chi connectivity index (χ1v) is 12.2. The first-order chi connectivity index (χ1) is 16.5. The van der Waals surface area contributed by atoms with Crippen molar-refractivity contribution >= 4 is 27.4 Å². The van der Waals surface area contributed by atoms with Crippen molar-refractivity contribution in [2.45, 2.75) is 30.7 Å². The Labute approximate surface area is 200 Å². The molecule has 11 heteroatoms. The summed E-state index contributed by atoms with van der Waals surface area (Å²) < 4.78 is 74.3. The molecule has 2 heterocycles. The highest BCUT2D eigenvalue weighted by molar-refractivity contribution is 7.85. The second-order valence-electron chi connectivity index (χ2n) is 8.32. The molecule has 0 spiro atoms. The molecule has 2 N–H and O–H groups in total. The largest absolute Gasteiger partial charge is 0.352 e. The van der Waals surface area contributed by atoms with E-state index >= 15 is 0 Å². The number of halogens is 3. The van der Waals surface area contributed by atoms with Crippen LogP contribution < -0.4 is 5.32 Å². The van der Waals surface area contributed by atoms with E-state index in [4.69, 9.17) is 0 Å². The minimum atomic E-state index is -4.75. The van der Waals surface area contributed by atoms with Crippen molar-refractivity contribution in [3.8, 4) is 0 Å². The first-order valence-electron chi connectivity index (χ1n) is 10.8. The number of rotatable bonds is 5. The van der Waals surface area contributed by atoms with Gasteiger partial charge < -0.3 is 10.2 Å². The number of piperidine rings is 1. The van der Waals surface area contributed by atoms with Gasteiger partial charge >= 0.3 is 10.1 Å². The Bertz CT molecular complexity index is 1370. The average molecular weight is 506 g/mol. The van der Waals surface area contributed by atoms with Crippen LogP contribution in [0.2, 0.25) is 0 Å². The Hall–Kier alpha value is -3.44. The maximum atomic E-state index is 14.3. The standard InChI is InChI=1S/C24H22F3N3O4S/c1-14-22(29-21-12-18(26)6-7-20(21)27)19(13-28-23(14)35(32,33)34)24(31)30-10-8-16(9-11-30)15-2-4-17(25)5-3-15/h2-7,12-13,16H,8-11H2,1H3,(H,28,29)(H,32,33,34). The highest BCUT2D eigenvalue weighted by atomic mass is 32.2. The molecule has 7 nitrogen and oxygen atoms in total. The molecular formula is C24H22F3N3O4S. The minimum Gasteiger partial charge on any atom is -0.352 e. The maximum absolute atomic E-state index is 14.3. The number of benzene rings is 2.